The molecule has 1 aromatic heterocycles. The molecule has 1 aromatic rings. The van der Waals surface area contributed by atoms with Crippen molar-refractivity contribution >= 4 is 11.9 Å². The molecule has 1 rings (SSSR count). The predicted molar refractivity (Wildman–Crippen MR) is 90.9 cm³/mol. The van der Waals surface area contributed by atoms with Crippen molar-refractivity contribution in [2.24, 2.45) is 0 Å². The average molecular weight is 320 g/mol. The highest BCUT2D eigenvalue weighted by atomic mass is 16.4. The number of aryl methyl sites for hydroxylation is 1. The molecule has 0 bridgehead atoms. The van der Waals surface area contributed by atoms with Gasteiger partial charge in [-0.15, -0.1) is 0 Å². The molecule has 0 spiro atoms. The van der Waals surface area contributed by atoms with E-state index >= 15 is 0 Å². The summed E-state index contributed by atoms with van der Waals surface area (Å²) < 4.78 is 0. The van der Waals surface area contributed by atoms with Crippen LogP contribution in [0.1, 0.15) is 78.9 Å². The van der Waals surface area contributed by atoms with Crippen LogP contribution in [0.2, 0.25) is 0 Å². The third kappa shape index (κ3) is 6.00. The minimum absolute atomic E-state index is 0.0998. The second-order valence-electron chi connectivity index (χ2n) is 5.84. The van der Waals surface area contributed by atoms with Gasteiger partial charge in [0, 0.05) is 13.1 Å². The topological polar surface area (TPSA) is 70.5 Å². The second-order valence-corrected chi connectivity index (χ2v) is 5.84. The van der Waals surface area contributed by atoms with Gasteiger partial charge in [0.05, 0.1) is 11.3 Å². The smallest absolute Gasteiger partial charge is 0.337 e. The number of carboxylic acids is 1. The van der Waals surface area contributed by atoms with E-state index in [1.165, 1.54) is 12.1 Å². The maximum absolute atomic E-state index is 12.7. The Morgan fingerprint density at radius 1 is 1.04 bits per heavy atom. The van der Waals surface area contributed by atoms with Crippen LogP contribution in [0.3, 0.4) is 0 Å². The first kappa shape index (κ1) is 19.1. The number of carbonyl (C=O) groups excluding carboxylic acids is 1. The van der Waals surface area contributed by atoms with E-state index in [9.17, 15) is 9.59 Å². The fourth-order valence-corrected chi connectivity index (χ4v) is 2.49. The number of aromatic nitrogens is 1. The lowest BCUT2D eigenvalue weighted by Crippen LogP contribution is -2.33. The molecule has 128 valence electrons. The van der Waals surface area contributed by atoms with Crippen molar-refractivity contribution in [2.75, 3.05) is 13.1 Å². The van der Waals surface area contributed by atoms with Crippen LogP contribution in [0.25, 0.3) is 0 Å². The molecule has 5 heteroatoms. The normalized spacial score (nSPS) is 10.6. The molecule has 0 atom stereocenters. The molecule has 23 heavy (non-hydrogen) atoms. The number of pyridine rings is 1. The highest BCUT2D eigenvalue weighted by molar-refractivity contribution is 5.94. The van der Waals surface area contributed by atoms with Crippen molar-refractivity contribution in [3.63, 3.8) is 0 Å². The van der Waals surface area contributed by atoms with Crippen molar-refractivity contribution in [1.82, 2.24) is 9.88 Å². The van der Waals surface area contributed by atoms with Gasteiger partial charge in [-0.05, 0) is 31.9 Å². The average Bonchev–Trinajstić information content (AvgIpc) is 2.52. The molecule has 0 aromatic carbocycles. The first-order valence-electron chi connectivity index (χ1n) is 8.51. The van der Waals surface area contributed by atoms with E-state index in [2.05, 4.69) is 18.8 Å². The van der Waals surface area contributed by atoms with Crippen LogP contribution in [0.5, 0.6) is 0 Å². The molecule has 5 nitrogen and oxygen atoms in total. The Hall–Kier alpha value is -1.91. The molecule has 0 aliphatic rings. The van der Waals surface area contributed by atoms with Crippen LogP contribution in [-0.4, -0.2) is 40.0 Å². The lowest BCUT2D eigenvalue weighted by atomic mass is 10.1. The maximum atomic E-state index is 12.7. The molecule has 0 saturated carbocycles. The van der Waals surface area contributed by atoms with Gasteiger partial charge in [0.15, 0.2) is 0 Å². The largest absolute Gasteiger partial charge is 0.478 e. The monoisotopic (exact) mass is 320 g/mol. The molecule has 1 amide bonds. The summed E-state index contributed by atoms with van der Waals surface area (Å²) in [6.07, 6.45) is 6.40. The standard InChI is InChI=1S/C18H28N2O3/c1-4-6-8-12-20(13-9-7-5-2)17(21)16-11-10-15(18(22)23)14(3)19-16/h10-11H,4-9,12-13H2,1-3H3,(H,22,23). The Kier molecular flexibility index (Phi) is 8.30. The summed E-state index contributed by atoms with van der Waals surface area (Å²) in [6, 6.07) is 2.99. The van der Waals surface area contributed by atoms with Crippen LogP contribution >= 0.6 is 0 Å². The Balaban J connectivity index is 2.84. The molecule has 0 radical (unpaired) electrons. The predicted octanol–water partition coefficient (Wildman–Crippen LogP) is 3.91. The van der Waals surface area contributed by atoms with Gasteiger partial charge >= 0.3 is 5.97 Å². The van der Waals surface area contributed by atoms with Gasteiger partial charge in [-0.25, -0.2) is 9.78 Å². The van der Waals surface area contributed by atoms with Crippen LogP contribution in [-0.2, 0) is 0 Å². The molecule has 1 N–H and O–H groups in total. The molecule has 0 aliphatic carbocycles. The van der Waals surface area contributed by atoms with Crippen LogP contribution in [0.15, 0.2) is 12.1 Å². The SMILES string of the molecule is CCCCCN(CCCCC)C(=O)c1ccc(C(=O)O)c(C)n1. The van der Waals surface area contributed by atoms with Crippen molar-refractivity contribution in [1.29, 1.82) is 0 Å². The van der Waals surface area contributed by atoms with Gasteiger partial charge < -0.3 is 10.0 Å². The van der Waals surface area contributed by atoms with E-state index in [1.807, 2.05) is 4.90 Å². The summed E-state index contributed by atoms with van der Waals surface area (Å²) in [6.45, 7) is 7.37. The summed E-state index contributed by atoms with van der Waals surface area (Å²) in [5.41, 5.74) is 0.857. The Labute approximate surface area is 138 Å². The first-order valence-corrected chi connectivity index (χ1v) is 8.51. The number of hydrogen-bond donors (Lipinski definition) is 1. The van der Waals surface area contributed by atoms with E-state index in [1.54, 1.807) is 6.92 Å². The molecule has 0 saturated heterocycles. The number of unbranched alkanes of at least 4 members (excludes halogenated alkanes) is 4. The van der Waals surface area contributed by atoms with Crippen LogP contribution in [0.4, 0.5) is 0 Å². The summed E-state index contributed by atoms with van der Waals surface area (Å²) in [7, 11) is 0. The second kappa shape index (κ2) is 9.98. The highest BCUT2D eigenvalue weighted by Crippen LogP contribution is 2.11. The van der Waals surface area contributed by atoms with Gasteiger partial charge in [-0.2, -0.15) is 0 Å². The highest BCUT2D eigenvalue weighted by Gasteiger charge is 2.18. The van der Waals surface area contributed by atoms with Crippen LogP contribution < -0.4 is 0 Å². The Morgan fingerprint density at radius 3 is 2.04 bits per heavy atom. The number of hydrogen-bond acceptors (Lipinski definition) is 3. The number of amides is 1. The number of carbonyl (C=O) groups is 2. The molecular weight excluding hydrogens is 292 g/mol. The van der Waals surface area contributed by atoms with Crippen molar-refractivity contribution in [3.05, 3.63) is 29.1 Å². The lowest BCUT2D eigenvalue weighted by molar-refractivity contribution is 0.0691. The summed E-state index contributed by atoms with van der Waals surface area (Å²) in [4.78, 5) is 29.8. The molecule has 0 unspecified atom stereocenters. The van der Waals surface area contributed by atoms with Gasteiger partial charge in [-0.1, -0.05) is 39.5 Å². The van der Waals surface area contributed by atoms with Gasteiger partial charge in [0.25, 0.3) is 5.91 Å². The van der Waals surface area contributed by atoms with Crippen molar-refractivity contribution in [3.8, 4) is 0 Å². The summed E-state index contributed by atoms with van der Waals surface area (Å²) >= 11 is 0. The zero-order chi connectivity index (χ0) is 17.2. The third-order valence-corrected chi connectivity index (χ3v) is 3.89. The number of carboxylic acid groups (broad SMARTS) is 1. The van der Waals surface area contributed by atoms with E-state index in [-0.39, 0.29) is 11.5 Å². The lowest BCUT2D eigenvalue weighted by Gasteiger charge is -2.22. The number of rotatable bonds is 10. The molecule has 1 heterocycles. The number of nitrogens with zero attached hydrogens (tertiary/aromatic N) is 2. The maximum Gasteiger partial charge on any atom is 0.337 e. The van der Waals surface area contributed by atoms with Crippen molar-refractivity contribution in [2.45, 2.75) is 59.3 Å². The van der Waals surface area contributed by atoms with Crippen LogP contribution in [0, 0.1) is 6.92 Å². The van der Waals surface area contributed by atoms with Gasteiger partial charge in [0.2, 0.25) is 0 Å². The zero-order valence-corrected chi connectivity index (χ0v) is 14.5. The minimum Gasteiger partial charge on any atom is -0.478 e. The quantitative estimate of drug-likeness (QED) is 0.663. The molecule has 0 aliphatic heterocycles. The van der Waals surface area contributed by atoms with E-state index < -0.39 is 5.97 Å². The Bertz CT molecular complexity index is 519. The van der Waals surface area contributed by atoms with E-state index in [4.69, 9.17) is 5.11 Å². The number of aromatic carboxylic acids is 1. The van der Waals surface area contributed by atoms with E-state index in [0.29, 0.717) is 11.4 Å². The fraction of sp³-hybridized carbons (Fsp3) is 0.611. The zero-order valence-electron chi connectivity index (χ0n) is 14.5. The van der Waals surface area contributed by atoms with E-state index in [0.717, 1.165) is 51.6 Å². The summed E-state index contributed by atoms with van der Waals surface area (Å²) in [5, 5.41) is 9.06. The summed E-state index contributed by atoms with van der Waals surface area (Å²) in [5.74, 6) is -1.12. The molecular formula is C18H28N2O3. The first-order chi connectivity index (χ1) is 11.0. The minimum atomic E-state index is -1.02. The third-order valence-electron chi connectivity index (χ3n) is 3.89. The Morgan fingerprint density at radius 2 is 1.61 bits per heavy atom. The van der Waals surface area contributed by atoms with Gasteiger partial charge in [-0.3, -0.25) is 4.79 Å². The fourth-order valence-electron chi connectivity index (χ4n) is 2.49. The van der Waals surface area contributed by atoms with Gasteiger partial charge in [0.1, 0.15) is 5.69 Å². The molecule has 0 fully saturated rings. The van der Waals surface area contributed by atoms with Crippen molar-refractivity contribution < 1.29 is 14.7 Å².